The molecule has 0 bridgehead atoms. The fraction of sp³-hybridized carbons (Fsp3) is 0.455. The molecular formula is C44H54O9. The van der Waals surface area contributed by atoms with Crippen molar-refractivity contribution in [1.29, 1.82) is 0 Å². The summed E-state index contributed by atoms with van der Waals surface area (Å²) in [7, 11) is 0. The van der Waals surface area contributed by atoms with Crippen LogP contribution in [-0.4, -0.2) is 82.7 Å². The summed E-state index contributed by atoms with van der Waals surface area (Å²) in [4.78, 5) is 0. The summed E-state index contributed by atoms with van der Waals surface area (Å²) >= 11 is 0. The van der Waals surface area contributed by atoms with E-state index in [2.05, 4.69) is 104 Å². The van der Waals surface area contributed by atoms with Crippen LogP contribution in [0.1, 0.15) is 44.5 Å². The fourth-order valence-corrected chi connectivity index (χ4v) is 6.74. The average Bonchev–Trinajstić information content (AvgIpc) is 3.89. The molecule has 284 valence electrons. The molecule has 9 heteroatoms. The van der Waals surface area contributed by atoms with Crippen molar-refractivity contribution in [1.82, 2.24) is 0 Å². The molecule has 4 aliphatic rings. The van der Waals surface area contributed by atoms with Crippen molar-refractivity contribution in [2.24, 2.45) is 0 Å². The van der Waals surface area contributed by atoms with E-state index in [1.165, 1.54) is 22.3 Å². The van der Waals surface area contributed by atoms with Gasteiger partial charge in [0.2, 0.25) is 0 Å². The lowest BCUT2D eigenvalue weighted by molar-refractivity contribution is 0.260. The van der Waals surface area contributed by atoms with Crippen LogP contribution < -0.4 is 18.9 Å². The molecule has 0 saturated carbocycles. The Labute approximate surface area is 313 Å². The smallest absolute Gasteiger partial charge is 0.125 e. The Morgan fingerprint density at radius 2 is 0.509 bits per heavy atom. The monoisotopic (exact) mass is 726 g/mol. The number of epoxide rings is 4. The first-order chi connectivity index (χ1) is 25.0. The zero-order valence-corrected chi connectivity index (χ0v) is 32.4. The van der Waals surface area contributed by atoms with E-state index in [1.54, 1.807) is 0 Å². The molecule has 4 atom stereocenters. The molecule has 0 radical (unpaired) electrons. The SMILES string of the molecule is Cc1cc(-c2cc(C)c(OCC3CO3)c(C)c2)cc(C)c1OCC1CO1.Cc1cc(-c2cc(C)c(OCC3CO3)c(C)c2)cc(C)c1OCC1CO1.O. The van der Waals surface area contributed by atoms with Gasteiger partial charge in [0.25, 0.3) is 0 Å². The van der Waals surface area contributed by atoms with Crippen molar-refractivity contribution in [3.05, 3.63) is 93.0 Å². The van der Waals surface area contributed by atoms with Gasteiger partial charge in [0.1, 0.15) is 73.8 Å². The maximum atomic E-state index is 5.95. The molecule has 0 aliphatic carbocycles. The molecule has 8 rings (SSSR count). The third-order valence-corrected chi connectivity index (χ3v) is 9.77. The molecule has 0 spiro atoms. The highest BCUT2D eigenvalue weighted by Gasteiger charge is 2.26. The predicted octanol–water partition coefficient (Wildman–Crippen LogP) is 7.46. The van der Waals surface area contributed by atoms with Crippen LogP contribution in [0.25, 0.3) is 22.3 Å². The molecule has 4 saturated heterocycles. The predicted molar refractivity (Wildman–Crippen MR) is 206 cm³/mol. The Morgan fingerprint density at radius 3 is 0.642 bits per heavy atom. The second kappa shape index (κ2) is 16.5. The summed E-state index contributed by atoms with van der Waals surface area (Å²) in [6.07, 6.45) is 1.08. The van der Waals surface area contributed by atoms with Gasteiger partial charge in [-0.25, -0.2) is 0 Å². The van der Waals surface area contributed by atoms with Gasteiger partial charge < -0.3 is 43.4 Å². The Balaban J connectivity index is 0.000000178. The Morgan fingerprint density at radius 1 is 0.358 bits per heavy atom. The largest absolute Gasteiger partial charge is 0.490 e. The van der Waals surface area contributed by atoms with Crippen molar-refractivity contribution in [2.75, 3.05) is 52.9 Å². The highest BCUT2D eigenvalue weighted by atomic mass is 16.6. The average molecular weight is 727 g/mol. The number of rotatable bonds is 14. The van der Waals surface area contributed by atoms with Gasteiger partial charge in [0, 0.05) is 0 Å². The Kier molecular flexibility index (Phi) is 12.0. The molecule has 4 fully saturated rings. The minimum absolute atomic E-state index is 0. The van der Waals surface area contributed by atoms with Gasteiger partial charge >= 0.3 is 0 Å². The van der Waals surface area contributed by atoms with Gasteiger partial charge in [-0.05, 0) is 171 Å². The van der Waals surface area contributed by atoms with Crippen molar-refractivity contribution in [3.63, 3.8) is 0 Å². The molecule has 2 N–H and O–H groups in total. The van der Waals surface area contributed by atoms with Crippen LogP contribution in [0.3, 0.4) is 0 Å². The second-order valence-electron chi connectivity index (χ2n) is 14.8. The standard InChI is InChI=1S/2C22H26O4.H2O/c2*1-13-5-17(6-14(2)21(13)25-11-19-9-23-19)18-7-15(3)22(16(4)8-18)26-12-20-10-24-20;/h2*5-8,19-20H,9-12H2,1-4H3;1H2. The summed E-state index contributed by atoms with van der Waals surface area (Å²) in [5, 5.41) is 0. The van der Waals surface area contributed by atoms with Crippen molar-refractivity contribution in [2.45, 2.75) is 79.8 Å². The van der Waals surface area contributed by atoms with E-state index in [4.69, 9.17) is 37.9 Å². The molecule has 4 aromatic carbocycles. The number of aryl methyl sites for hydroxylation is 8. The molecule has 0 amide bonds. The molecule has 4 aliphatic heterocycles. The maximum absolute atomic E-state index is 5.95. The summed E-state index contributed by atoms with van der Waals surface area (Å²) in [6.45, 7) is 22.6. The number of hydrogen-bond acceptors (Lipinski definition) is 8. The lowest BCUT2D eigenvalue weighted by Crippen LogP contribution is -2.07. The first-order valence-electron chi connectivity index (χ1n) is 18.5. The topological polar surface area (TPSA) is 119 Å². The first kappa shape index (κ1) is 38.6. The highest BCUT2D eigenvalue weighted by molar-refractivity contribution is 5.71. The highest BCUT2D eigenvalue weighted by Crippen LogP contribution is 2.36. The Bertz CT molecular complexity index is 1550. The summed E-state index contributed by atoms with van der Waals surface area (Å²) in [5.41, 5.74) is 14.1. The Hall–Kier alpha value is -4.12. The van der Waals surface area contributed by atoms with E-state index < -0.39 is 0 Å². The minimum Gasteiger partial charge on any atom is -0.490 e. The van der Waals surface area contributed by atoms with Crippen LogP contribution in [0, 0.1) is 55.4 Å². The van der Waals surface area contributed by atoms with Crippen LogP contribution in [0.5, 0.6) is 23.0 Å². The van der Waals surface area contributed by atoms with Crippen molar-refractivity contribution >= 4 is 0 Å². The lowest BCUT2D eigenvalue weighted by atomic mass is 9.96. The third-order valence-electron chi connectivity index (χ3n) is 9.77. The van der Waals surface area contributed by atoms with E-state index in [0.29, 0.717) is 26.4 Å². The number of hydrogen-bond donors (Lipinski definition) is 0. The van der Waals surface area contributed by atoms with E-state index in [9.17, 15) is 0 Å². The first-order valence-corrected chi connectivity index (χ1v) is 18.5. The van der Waals surface area contributed by atoms with Crippen LogP contribution in [0.4, 0.5) is 0 Å². The molecule has 4 heterocycles. The molecule has 4 aromatic rings. The van der Waals surface area contributed by atoms with Gasteiger partial charge in [-0.1, -0.05) is 0 Å². The molecule has 0 aromatic heterocycles. The number of benzene rings is 4. The molecule has 4 unspecified atom stereocenters. The van der Waals surface area contributed by atoms with Crippen LogP contribution in [0.2, 0.25) is 0 Å². The second-order valence-corrected chi connectivity index (χ2v) is 14.8. The molecular weight excluding hydrogens is 672 g/mol. The van der Waals surface area contributed by atoms with Gasteiger partial charge in [-0.3, -0.25) is 0 Å². The lowest BCUT2D eigenvalue weighted by Gasteiger charge is -2.16. The fourth-order valence-electron chi connectivity index (χ4n) is 6.74. The number of ether oxygens (including phenoxy) is 8. The van der Waals surface area contributed by atoms with E-state index in [-0.39, 0.29) is 29.9 Å². The summed E-state index contributed by atoms with van der Waals surface area (Å²) in [5.74, 6) is 3.90. The van der Waals surface area contributed by atoms with Gasteiger partial charge in [-0.2, -0.15) is 0 Å². The quantitative estimate of drug-likeness (QED) is 0.123. The minimum atomic E-state index is 0. The molecule has 9 nitrogen and oxygen atoms in total. The zero-order valence-electron chi connectivity index (χ0n) is 32.4. The van der Waals surface area contributed by atoms with Crippen molar-refractivity contribution in [3.8, 4) is 45.3 Å². The molecule has 53 heavy (non-hydrogen) atoms. The van der Waals surface area contributed by atoms with Crippen LogP contribution in [-0.2, 0) is 18.9 Å². The summed E-state index contributed by atoms with van der Waals surface area (Å²) in [6, 6.07) is 17.6. The summed E-state index contributed by atoms with van der Waals surface area (Å²) < 4.78 is 44.7. The van der Waals surface area contributed by atoms with Crippen LogP contribution >= 0.6 is 0 Å². The van der Waals surface area contributed by atoms with E-state index in [1.807, 2.05) is 0 Å². The van der Waals surface area contributed by atoms with Gasteiger partial charge in [0.15, 0.2) is 0 Å². The van der Waals surface area contributed by atoms with Crippen molar-refractivity contribution < 1.29 is 43.4 Å². The van der Waals surface area contributed by atoms with Crippen LogP contribution in [0.15, 0.2) is 48.5 Å². The zero-order chi connectivity index (χ0) is 36.5. The third kappa shape index (κ3) is 10.1. The maximum Gasteiger partial charge on any atom is 0.125 e. The van der Waals surface area contributed by atoms with E-state index in [0.717, 1.165) is 93.9 Å². The van der Waals surface area contributed by atoms with Gasteiger partial charge in [-0.15, -0.1) is 0 Å². The van der Waals surface area contributed by atoms with Gasteiger partial charge in [0.05, 0.1) is 26.4 Å². The van der Waals surface area contributed by atoms with E-state index >= 15 is 0 Å². The normalized spacial score (nSPS) is 20.4.